The van der Waals surface area contributed by atoms with Crippen molar-refractivity contribution in [3.8, 4) is 0 Å². The number of aromatic nitrogens is 1. The summed E-state index contributed by atoms with van der Waals surface area (Å²) in [6.45, 7) is 1.54. The van der Waals surface area contributed by atoms with Crippen molar-refractivity contribution in [2.75, 3.05) is 25.0 Å². The molecule has 0 spiro atoms. The molecular weight excluding hydrogens is 326 g/mol. The Bertz CT molecular complexity index is 733. The zero-order valence-corrected chi connectivity index (χ0v) is 15.3. The number of rotatable bonds is 4. The summed E-state index contributed by atoms with van der Waals surface area (Å²) in [5, 5.41) is 13.5. The van der Waals surface area contributed by atoms with E-state index in [1.54, 1.807) is 12.4 Å². The number of pyridine rings is 1. The van der Waals surface area contributed by atoms with Crippen molar-refractivity contribution in [3.05, 3.63) is 59.4 Å². The van der Waals surface area contributed by atoms with Crippen LogP contribution in [0.2, 0.25) is 0 Å². The maximum atomic E-state index is 12.5. The lowest BCUT2D eigenvalue weighted by Gasteiger charge is -2.24. The molecule has 1 aromatic carbocycles. The number of aliphatic hydroxyl groups is 1. The molecule has 5 nitrogen and oxygen atoms in total. The van der Waals surface area contributed by atoms with Crippen LogP contribution in [0.4, 0.5) is 5.69 Å². The molecular formula is C21H27N3O2. The van der Waals surface area contributed by atoms with Gasteiger partial charge in [-0.3, -0.25) is 9.78 Å². The van der Waals surface area contributed by atoms with Crippen LogP contribution in [-0.2, 0) is 6.42 Å². The van der Waals surface area contributed by atoms with Crippen molar-refractivity contribution in [2.24, 2.45) is 0 Å². The minimum Gasteiger partial charge on any atom is -0.388 e. The number of amides is 1. The van der Waals surface area contributed by atoms with Crippen LogP contribution in [-0.4, -0.2) is 36.1 Å². The normalized spacial score (nSPS) is 17.6. The van der Waals surface area contributed by atoms with E-state index in [4.69, 9.17) is 0 Å². The largest absolute Gasteiger partial charge is 0.388 e. The molecule has 138 valence electrons. The summed E-state index contributed by atoms with van der Waals surface area (Å²) >= 11 is 0. The Hall–Kier alpha value is -2.40. The average molecular weight is 353 g/mol. The molecule has 1 amide bonds. The molecule has 2 heterocycles. The van der Waals surface area contributed by atoms with E-state index in [9.17, 15) is 9.90 Å². The predicted octanol–water partition coefficient (Wildman–Crippen LogP) is 3.10. The van der Waals surface area contributed by atoms with Crippen molar-refractivity contribution >= 4 is 11.6 Å². The van der Waals surface area contributed by atoms with E-state index in [0.29, 0.717) is 12.1 Å². The highest BCUT2D eigenvalue weighted by molar-refractivity contribution is 5.95. The lowest BCUT2D eigenvalue weighted by atomic mass is 9.99. The highest BCUT2D eigenvalue weighted by atomic mass is 16.3. The fraction of sp³-hybridized carbons (Fsp3) is 0.429. The van der Waals surface area contributed by atoms with Gasteiger partial charge in [0, 0.05) is 49.3 Å². The molecule has 2 aromatic rings. The Balaban J connectivity index is 1.69. The molecule has 1 aliphatic heterocycles. The second kappa shape index (κ2) is 8.81. The molecule has 3 rings (SSSR count). The number of hydrogen-bond donors (Lipinski definition) is 2. The second-order valence-corrected chi connectivity index (χ2v) is 6.92. The van der Waals surface area contributed by atoms with Crippen LogP contribution in [0.3, 0.4) is 0 Å². The van der Waals surface area contributed by atoms with E-state index >= 15 is 0 Å². The molecule has 0 saturated heterocycles. The molecule has 0 fully saturated rings. The topological polar surface area (TPSA) is 65.5 Å². The van der Waals surface area contributed by atoms with Gasteiger partial charge in [0.1, 0.15) is 0 Å². The maximum Gasteiger partial charge on any atom is 0.251 e. The average Bonchev–Trinajstić information content (AvgIpc) is 2.73. The quantitative estimate of drug-likeness (QED) is 0.886. The third kappa shape index (κ3) is 4.61. The highest BCUT2D eigenvalue weighted by Crippen LogP contribution is 2.31. The fourth-order valence-corrected chi connectivity index (χ4v) is 3.42. The Morgan fingerprint density at radius 1 is 1.23 bits per heavy atom. The number of aliphatic hydroxyl groups excluding tert-OH is 1. The zero-order valence-electron chi connectivity index (χ0n) is 15.3. The maximum absolute atomic E-state index is 12.5. The molecule has 1 aliphatic rings. The highest BCUT2D eigenvalue weighted by Gasteiger charge is 2.19. The molecule has 1 atom stereocenters. The van der Waals surface area contributed by atoms with Crippen LogP contribution in [0.25, 0.3) is 0 Å². The lowest BCUT2D eigenvalue weighted by molar-refractivity contribution is 0.0953. The van der Waals surface area contributed by atoms with Crippen LogP contribution in [0.5, 0.6) is 0 Å². The van der Waals surface area contributed by atoms with Gasteiger partial charge in [0.25, 0.3) is 5.91 Å². The molecule has 5 heteroatoms. The van der Waals surface area contributed by atoms with Crippen LogP contribution in [0.15, 0.2) is 42.7 Å². The first kappa shape index (κ1) is 18.4. The third-order valence-corrected chi connectivity index (χ3v) is 4.98. The van der Waals surface area contributed by atoms with Gasteiger partial charge in [-0.05, 0) is 55.2 Å². The summed E-state index contributed by atoms with van der Waals surface area (Å²) in [6.07, 6.45) is 7.77. The number of fused-ring (bicyclic) bond motifs is 1. The summed E-state index contributed by atoms with van der Waals surface area (Å²) in [5.41, 5.74) is 3.63. The SMILES string of the molecule is CN1CCCCCC(O)c2cc(C(=O)NCCc3ccncc3)ccc21. The molecule has 26 heavy (non-hydrogen) atoms. The van der Waals surface area contributed by atoms with E-state index in [1.807, 2.05) is 37.4 Å². The van der Waals surface area contributed by atoms with Gasteiger partial charge in [-0.25, -0.2) is 0 Å². The predicted molar refractivity (Wildman–Crippen MR) is 103 cm³/mol. The molecule has 0 bridgehead atoms. The lowest BCUT2D eigenvalue weighted by Crippen LogP contribution is -2.26. The van der Waals surface area contributed by atoms with E-state index in [-0.39, 0.29) is 5.91 Å². The summed E-state index contributed by atoms with van der Waals surface area (Å²) in [7, 11) is 2.05. The first-order valence-corrected chi connectivity index (χ1v) is 9.35. The number of anilines is 1. The van der Waals surface area contributed by atoms with Crippen LogP contribution in [0.1, 0.15) is 53.3 Å². The standard InChI is InChI=1S/C21H27N3O2/c1-24-14-4-2-3-5-20(25)18-15-17(6-7-19(18)24)21(26)23-13-10-16-8-11-22-12-9-16/h6-9,11-12,15,20,25H,2-5,10,13-14H2,1H3,(H,23,26). The number of nitrogens with zero attached hydrogens (tertiary/aromatic N) is 2. The van der Waals surface area contributed by atoms with Gasteiger partial charge in [-0.15, -0.1) is 0 Å². The Kier molecular flexibility index (Phi) is 6.23. The third-order valence-electron chi connectivity index (χ3n) is 4.98. The van der Waals surface area contributed by atoms with Crippen LogP contribution >= 0.6 is 0 Å². The van der Waals surface area contributed by atoms with E-state index in [2.05, 4.69) is 15.2 Å². The van der Waals surface area contributed by atoms with Gasteiger partial charge >= 0.3 is 0 Å². The summed E-state index contributed by atoms with van der Waals surface area (Å²) < 4.78 is 0. The first-order chi connectivity index (χ1) is 12.6. The van der Waals surface area contributed by atoms with E-state index < -0.39 is 6.10 Å². The monoisotopic (exact) mass is 353 g/mol. The summed E-state index contributed by atoms with van der Waals surface area (Å²) in [4.78, 5) is 18.7. The van der Waals surface area contributed by atoms with Crippen LogP contribution in [0, 0.1) is 0 Å². The van der Waals surface area contributed by atoms with Gasteiger partial charge in [0.05, 0.1) is 6.10 Å². The number of benzene rings is 1. The van der Waals surface area contributed by atoms with E-state index in [0.717, 1.165) is 55.5 Å². The molecule has 2 N–H and O–H groups in total. The van der Waals surface area contributed by atoms with Crippen LogP contribution < -0.4 is 10.2 Å². The van der Waals surface area contributed by atoms with Gasteiger partial charge in [-0.1, -0.05) is 12.8 Å². The zero-order chi connectivity index (χ0) is 18.4. The van der Waals surface area contributed by atoms with Gasteiger partial charge in [0.15, 0.2) is 0 Å². The van der Waals surface area contributed by atoms with Crippen molar-refractivity contribution in [1.82, 2.24) is 10.3 Å². The Labute approximate surface area is 155 Å². The van der Waals surface area contributed by atoms with Crippen molar-refractivity contribution in [1.29, 1.82) is 0 Å². The Morgan fingerprint density at radius 3 is 2.85 bits per heavy atom. The second-order valence-electron chi connectivity index (χ2n) is 6.92. The fourth-order valence-electron chi connectivity index (χ4n) is 3.42. The molecule has 0 radical (unpaired) electrons. The molecule has 0 aliphatic carbocycles. The summed E-state index contributed by atoms with van der Waals surface area (Å²) in [5.74, 6) is -0.100. The van der Waals surface area contributed by atoms with Crippen molar-refractivity contribution < 1.29 is 9.90 Å². The summed E-state index contributed by atoms with van der Waals surface area (Å²) in [6, 6.07) is 9.56. The Morgan fingerprint density at radius 2 is 2.04 bits per heavy atom. The van der Waals surface area contributed by atoms with E-state index in [1.165, 1.54) is 0 Å². The number of hydrogen-bond acceptors (Lipinski definition) is 4. The smallest absolute Gasteiger partial charge is 0.251 e. The van der Waals surface area contributed by atoms with Gasteiger partial charge in [-0.2, -0.15) is 0 Å². The molecule has 1 aromatic heterocycles. The van der Waals surface area contributed by atoms with Crippen molar-refractivity contribution in [2.45, 2.75) is 38.2 Å². The minimum atomic E-state index is -0.518. The number of nitrogens with one attached hydrogen (secondary N) is 1. The first-order valence-electron chi connectivity index (χ1n) is 9.35. The number of carbonyl (C=O) groups excluding carboxylic acids is 1. The van der Waals surface area contributed by atoms with Crippen molar-refractivity contribution in [3.63, 3.8) is 0 Å². The molecule has 1 unspecified atom stereocenters. The number of carbonyl (C=O) groups is 1. The molecule has 0 saturated carbocycles. The van der Waals surface area contributed by atoms with Gasteiger partial charge in [0.2, 0.25) is 0 Å². The van der Waals surface area contributed by atoms with Gasteiger partial charge < -0.3 is 15.3 Å². The minimum absolute atomic E-state index is 0.100.